The zero-order valence-electron chi connectivity index (χ0n) is 16.0. The summed E-state index contributed by atoms with van der Waals surface area (Å²) in [5.74, 6) is 0.909. The number of rotatable bonds is 6. The average Bonchev–Trinajstić information content (AvgIpc) is 2.77. The SMILES string of the molecule is Oc1ccc(C=NNc2nc(Nc3ccc(F)cc3)nc(N3CCOCC3)n2)cc1. The molecule has 2 aromatic carbocycles. The van der Waals surface area contributed by atoms with Crippen LogP contribution >= 0.6 is 0 Å². The van der Waals surface area contributed by atoms with Crippen LogP contribution in [0.25, 0.3) is 0 Å². The summed E-state index contributed by atoms with van der Waals surface area (Å²) in [7, 11) is 0. The molecule has 0 atom stereocenters. The summed E-state index contributed by atoms with van der Waals surface area (Å²) in [6, 6.07) is 12.5. The second kappa shape index (κ2) is 9.14. The van der Waals surface area contributed by atoms with E-state index in [0.717, 1.165) is 5.56 Å². The van der Waals surface area contributed by atoms with Gasteiger partial charge < -0.3 is 20.1 Å². The van der Waals surface area contributed by atoms with E-state index in [1.165, 1.54) is 12.1 Å². The van der Waals surface area contributed by atoms with Crippen LogP contribution in [0, 0.1) is 5.82 Å². The van der Waals surface area contributed by atoms with Crippen LogP contribution in [-0.4, -0.2) is 52.6 Å². The van der Waals surface area contributed by atoms with Crippen LogP contribution in [0.1, 0.15) is 5.56 Å². The highest BCUT2D eigenvalue weighted by Gasteiger charge is 2.16. The molecule has 9 nitrogen and oxygen atoms in total. The monoisotopic (exact) mass is 409 g/mol. The number of nitrogens with one attached hydrogen (secondary N) is 2. The number of nitrogens with zero attached hydrogens (tertiary/aromatic N) is 5. The fraction of sp³-hybridized carbons (Fsp3) is 0.200. The molecule has 1 saturated heterocycles. The summed E-state index contributed by atoms with van der Waals surface area (Å²) in [6.45, 7) is 2.51. The number of hydrazone groups is 1. The minimum absolute atomic E-state index is 0.184. The number of morpholine rings is 1. The van der Waals surface area contributed by atoms with Gasteiger partial charge in [0, 0.05) is 18.8 Å². The highest BCUT2D eigenvalue weighted by Crippen LogP contribution is 2.19. The standard InChI is InChI=1S/C20H20FN7O2/c21-15-3-5-16(6-4-15)23-18-24-19(26-20(25-18)28-9-11-30-12-10-28)27-22-13-14-1-7-17(29)8-2-14/h1-8,13,29H,9-12H2,(H2,23,24,25,26,27). The van der Waals surface area contributed by atoms with E-state index in [1.807, 2.05) is 4.90 Å². The lowest BCUT2D eigenvalue weighted by Gasteiger charge is -2.27. The summed E-state index contributed by atoms with van der Waals surface area (Å²) in [5, 5.41) is 16.6. The molecular weight excluding hydrogens is 389 g/mol. The molecule has 0 bridgehead atoms. The second-order valence-corrected chi connectivity index (χ2v) is 6.48. The topological polar surface area (TPSA) is 108 Å². The molecule has 0 unspecified atom stereocenters. The zero-order valence-corrected chi connectivity index (χ0v) is 16.0. The predicted molar refractivity (Wildman–Crippen MR) is 112 cm³/mol. The quantitative estimate of drug-likeness (QED) is 0.421. The third-order valence-electron chi connectivity index (χ3n) is 4.29. The molecule has 0 spiro atoms. The highest BCUT2D eigenvalue weighted by atomic mass is 19.1. The molecule has 1 aliphatic rings. The third-order valence-corrected chi connectivity index (χ3v) is 4.29. The summed E-state index contributed by atoms with van der Waals surface area (Å²) in [5.41, 5.74) is 4.26. The molecule has 4 rings (SSSR count). The van der Waals surface area contributed by atoms with Gasteiger partial charge in [-0.05, 0) is 54.1 Å². The smallest absolute Gasteiger partial charge is 0.250 e. The Morgan fingerprint density at radius 3 is 2.40 bits per heavy atom. The van der Waals surface area contributed by atoms with Crippen molar-refractivity contribution in [3.05, 3.63) is 59.9 Å². The van der Waals surface area contributed by atoms with Crippen LogP contribution in [0.5, 0.6) is 5.75 Å². The minimum atomic E-state index is -0.323. The largest absolute Gasteiger partial charge is 0.508 e. The van der Waals surface area contributed by atoms with E-state index < -0.39 is 0 Å². The van der Waals surface area contributed by atoms with E-state index in [0.29, 0.717) is 43.9 Å². The van der Waals surface area contributed by atoms with Crippen molar-refractivity contribution in [2.45, 2.75) is 0 Å². The van der Waals surface area contributed by atoms with Gasteiger partial charge in [-0.1, -0.05) is 0 Å². The molecule has 154 valence electrons. The predicted octanol–water partition coefficient (Wildman–Crippen LogP) is 2.74. The summed E-state index contributed by atoms with van der Waals surface area (Å²) in [6.07, 6.45) is 1.59. The Hall–Kier alpha value is -3.79. The normalized spacial score (nSPS) is 14.1. The van der Waals surface area contributed by atoms with E-state index >= 15 is 0 Å². The van der Waals surface area contributed by atoms with Gasteiger partial charge in [0.05, 0.1) is 19.4 Å². The number of ether oxygens (including phenoxy) is 1. The van der Waals surface area contributed by atoms with Crippen molar-refractivity contribution in [3.8, 4) is 5.75 Å². The van der Waals surface area contributed by atoms with Crippen molar-refractivity contribution in [1.82, 2.24) is 15.0 Å². The van der Waals surface area contributed by atoms with Gasteiger partial charge in [-0.25, -0.2) is 9.82 Å². The van der Waals surface area contributed by atoms with E-state index in [4.69, 9.17) is 4.74 Å². The minimum Gasteiger partial charge on any atom is -0.508 e. The summed E-state index contributed by atoms with van der Waals surface area (Å²) >= 11 is 0. The van der Waals surface area contributed by atoms with Gasteiger partial charge in [0.15, 0.2) is 0 Å². The number of anilines is 4. The van der Waals surface area contributed by atoms with Crippen molar-refractivity contribution in [2.75, 3.05) is 41.9 Å². The third kappa shape index (κ3) is 5.17. The first-order valence-electron chi connectivity index (χ1n) is 9.35. The van der Waals surface area contributed by atoms with Gasteiger partial charge in [0.25, 0.3) is 0 Å². The van der Waals surface area contributed by atoms with Crippen LogP contribution in [0.15, 0.2) is 53.6 Å². The molecule has 1 fully saturated rings. The Kier molecular flexibility index (Phi) is 5.95. The van der Waals surface area contributed by atoms with Gasteiger partial charge >= 0.3 is 0 Å². The maximum atomic E-state index is 13.2. The maximum Gasteiger partial charge on any atom is 0.250 e. The van der Waals surface area contributed by atoms with E-state index in [2.05, 4.69) is 30.8 Å². The van der Waals surface area contributed by atoms with Gasteiger partial charge in [-0.3, -0.25) is 0 Å². The summed E-state index contributed by atoms with van der Waals surface area (Å²) < 4.78 is 18.6. The molecule has 0 saturated carbocycles. The van der Waals surface area contributed by atoms with E-state index in [1.54, 1.807) is 42.6 Å². The molecule has 2 heterocycles. The van der Waals surface area contributed by atoms with E-state index in [-0.39, 0.29) is 17.5 Å². The van der Waals surface area contributed by atoms with Crippen LogP contribution < -0.4 is 15.6 Å². The van der Waals surface area contributed by atoms with Crippen LogP contribution in [0.3, 0.4) is 0 Å². The fourth-order valence-electron chi connectivity index (χ4n) is 2.76. The highest BCUT2D eigenvalue weighted by molar-refractivity contribution is 5.80. The zero-order chi connectivity index (χ0) is 20.8. The lowest BCUT2D eigenvalue weighted by molar-refractivity contribution is 0.122. The first-order chi connectivity index (χ1) is 14.7. The van der Waals surface area contributed by atoms with Crippen molar-refractivity contribution in [2.24, 2.45) is 5.10 Å². The van der Waals surface area contributed by atoms with E-state index in [9.17, 15) is 9.50 Å². The molecule has 30 heavy (non-hydrogen) atoms. The maximum absolute atomic E-state index is 13.2. The average molecular weight is 409 g/mol. The van der Waals surface area contributed by atoms with Crippen molar-refractivity contribution >= 4 is 29.7 Å². The Morgan fingerprint density at radius 2 is 1.67 bits per heavy atom. The fourth-order valence-corrected chi connectivity index (χ4v) is 2.76. The van der Waals surface area contributed by atoms with Gasteiger partial charge in [-0.15, -0.1) is 0 Å². The lowest BCUT2D eigenvalue weighted by atomic mass is 10.2. The van der Waals surface area contributed by atoms with Gasteiger partial charge in [0.2, 0.25) is 17.8 Å². The molecule has 0 radical (unpaired) electrons. The number of phenolic OH excluding ortho intramolecular Hbond substituents is 1. The lowest BCUT2D eigenvalue weighted by Crippen LogP contribution is -2.37. The molecule has 3 N–H and O–H groups in total. The Labute approximate surface area is 172 Å². The molecule has 0 aliphatic carbocycles. The number of aromatic hydroxyl groups is 1. The van der Waals surface area contributed by atoms with Gasteiger partial charge in [-0.2, -0.15) is 20.1 Å². The molecular formula is C20H20FN7O2. The van der Waals surface area contributed by atoms with Crippen LogP contribution in [-0.2, 0) is 4.74 Å². The number of halogens is 1. The summed E-state index contributed by atoms with van der Waals surface area (Å²) in [4.78, 5) is 15.3. The van der Waals surface area contributed by atoms with Crippen molar-refractivity contribution in [1.29, 1.82) is 0 Å². The number of aromatic nitrogens is 3. The molecule has 1 aliphatic heterocycles. The molecule has 0 amide bonds. The Morgan fingerprint density at radius 1 is 0.967 bits per heavy atom. The van der Waals surface area contributed by atoms with Crippen molar-refractivity contribution in [3.63, 3.8) is 0 Å². The van der Waals surface area contributed by atoms with Gasteiger partial charge in [0.1, 0.15) is 11.6 Å². The Balaban J connectivity index is 1.55. The van der Waals surface area contributed by atoms with Crippen LogP contribution in [0.2, 0.25) is 0 Å². The number of phenols is 1. The number of hydrogen-bond acceptors (Lipinski definition) is 9. The number of hydrogen-bond donors (Lipinski definition) is 3. The van der Waals surface area contributed by atoms with Crippen LogP contribution in [0.4, 0.5) is 27.9 Å². The molecule has 10 heteroatoms. The second-order valence-electron chi connectivity index (χ2n) is 6.48. The number of benzene rings is 2. The van der Waals surface area contributed by atoms with Crippen molar-refractivity contribution < 1.29 is 14.2 Å². The Bertz CT molecular complexity index is 1010. The molecule has 3 aromatic rings. The molecule has 1 aromatic heterocycles. The first-order valence-corrected chi connectivity index (χ1v) is 9.35. The first kappa shape index (κ1) is 19.5.